The number of nitrogens with zero attached hydrogens (tertiary/aromatic N) is 2. The molecule has 0 bridgehead atoms. The van der Waals surface area contributed by atoms with Crippen molar-refractivity contribution in [3.8, 4) is 0 Å². The number of rotatable bonds is 0. The number of fused-ring (bicyclic) bond motifs is 1. The van der Waals surface area contributed by atoms with Gasteiger partial charge in [-0.2, -0.15) is 0 Å². The lowest BCUT2D eigenvalue weighted by molar-refractivity contribution is 1.33. The Labute approximate surface area is 107 Å². The quantitative estimate of drug-likeness (QED) is 0.602. The number of benzene rings is 1. The summed E-state index contributed by atoms with van der Waals surface area (Å²) in [5.74, 6) is 0. The van der Waals surface area contributed by atoms with E-state index >= 15 is 0 Å². The lowest BCUT2D eigenvalue weighted by Crippen LogP contribution is -1.73. The predicted molar refractivity (Wildman–Crippen MR) is 73.2 cm³/mol. The van der Waals surface area contributed by atoms with Gasteiger partial charge in [0.2, 0.25) is 0 Å². The topological polar surface area (TPSA) is 25.8 Å². The highest BCUT2D eigenvalue weighted by atomic mass is 35.5. The van der Waals surface area contributed by atoms with Crippen LogP contribution in [0.25, 0.3) is 10.9 Å². The molecule has 2 nitrogen and oxygen atoms in total. The Hall–Kier alpha value is -1.93. The van der Waals surface area contributed by atoms with Crippen molar-refractivity contribution in [1.82, 2.24) is 9.97 Å². The van der Waals surface area contributed by atoms with Gasteiger partial charge in [-0.1, -0.05) is 30.3 Å². The maximum Gasteiger partial charge on any atom is 0.0701 e. The van der Waals surface area contributed by atoms with Crippen LogP contribution < -0.4 is 0 Å². The van der Waals surface area contributed by atoms with Gasteiger partial charge in [-0.15, -0.1) is 12.4 Å². The molecular weight excluding hydrogens is 232 g/mol. The van der Waals surface area contributed by atoms with Gasteiger partial charge >= 0.3 is 0 Å². The maximum absolute atomic E-state index is 4.18. The van der Waals surface area contributed by atoms with E-state index in [-0.39, 0.29) is 12.4 Å². The zero-order chi connectivity index (χ0) is 11.1. The summed E-state index contributed by atoms with van der Waals surface area (Å²) in [6, 6.07) is 17.8. The smallest absolute Gasteiger partial charge is 0.0701 e. The molecule has 86 valence electrons. The molecule has 2 aromatic heterocycles. The van der Waals surface area contributed by atoms with Crippen molar-refractivity contribution < 1.29 is 0 Å². The van der Waals surface area contributed by atoms with Crippen molar-refractivity contribution in [3.05, 3.63) is 73.2 Å². The highest BCUT2D eigenvalue weighted by Gasteiger charge is 1.86. The molecule has 0 unspecified atom stereocenters. The molecule has 0 fully saturated rings. The summed E-state index contributed by atoms with van der Waals surface area (Å²) in [4.78, 5) is 7.97. The molecule has 3 aromatic rings. The van der Waals surface area contributed by atoms with Crippen LogP contribution in [0.4, 0.5) is 0 Å². The molecule has 0 N–H and O–H groups in total. The SMILES string of the molecule is Cl.c1ccc2ncccc2c1.c1ccncc1. The molecule has 0 aliphatic carbocycles. The van der Waals surface area contributed by atoms with Gasteiger partial charge in [0.1, 0.15) is 0 Å². The minimum absolute atomic E-state index is 0. The molecule has 0 radical (unpaired) electrons. The van der Waals surface area contributed by atoms with E-state index in [9.17, 15) is 0 Å². The van der Waals surface area contributed by atoms with E-state index in [2.05, 4.69) is 22.1 Å². The van der Waals surface area contributed by atoms with Crippen LogP contribution in [0.2, 0.25) is 0 Å². The number of para-hydroxylation sites is 1. The van der Waals surface area contributed by atoms with Crippen LogP contribution in [-0.2, 0) is 0 Å². The summed E-state index contributed by atoms with van der Waals surface area (Å²) in [7, 11) is 0. The van der Waals surface area contributed by atoms with Crippen LogP contribution >= 0.6 is 12.4 Å². The van der Waals surface area contributed by atoms with E-state index in [1.165, 1.54) is 5.39 Å². The molecule has 2 heterocycles. The Morgan fingerprint density at radius 1 is 0.647 bits per heavy atom. The van der Waals surface area contributed by atoms with Gasteiger partial charge in [0.05, 0.1) is 5.52 Å². The minimum atomic E-state index is 0. The van der Waals surface area contributed by atoms with Crippen LogP contribution in [0.3, 0.4) is 0 Å². The molecule has 0 aliphatic rings. The van der Waals surface area contributed by atoms with Gasteiger partial charge in [0, 0.05) is 24.0 Å². The summed E-state index contributed by atoms with van der Waals surface area (Å²) < 4.78 is 0. The zero-order valence-corrected chi connectivity index (χ0v) is 10.0. The van der Waals surface area contributed by atoms with Gasteiger partial charge in [0.25, 0.3) is 0 Å². The van der Waals surface area contributed by atoms with E-state index < -0.39 is 0 Å². The molecule has 3 heteroatoms. The Bertz CT molecular complexity index is 449. The number of halogens is 1. The fourth-order valence-electron chi connectivity index (χ4n) is 1.33. The van der Waals surface area contributed by atoms with Gasteiger partial charge in [-0.3, -0.25) is 9.97 Å². The van der Waals surface area contributed by atoms with Gasteiger partial charge in [-0.25, -0.2) is 0 Å². The third-order valence-corrected chi connectivity index (χ3v) is 2.08. The molecule has 0 atom stereocenters. The van der Waals surface area contributed by atoms with Gasteiger partial charge in [0.15, 0.2) is 0 Å². The number of hydrogen-bond donors (Lipinski definition) is 0. The van der Waals surface area contributed by atoms with Crippen LogP contribution in [-0.4, -0.2) is 9.97 Å². The Morgan fingerprint density at radius 3 is 1.94 bits per heavy atom. The molecule has 17 heavy (non-hydrogen) atoms. The Balaban J connectivity index is 0.000000180. The fraction of sp³-hybridized carbons (Fsp3) is 0. The summed E-state index contributed by atoms with van der Waals surface area (Å²) in [5, 5.41) is 1.20. The van der Waals surface area contributed by atoms with Crippen molar-refractivity contribution in [2.45, 2.75) is 0 Å². The molecule has 0 spiro atoms. The minimum Gasteiger partial charge on any atom is -0.265 e. The first-order chi connectivity index (χ1) is 7.97. The molecule has 3 rings (SSSR count). The Morgan fingerprint density at radius 2 is 1.35 bits per heavy atom. The summed E-state index contributed by atoms with van der Waals surface area (Å²) in [6.45, 7) is 0. The summed E-state index contributed by atoms with van der Waals surface area (Å²) in [5.41, 5.74) is 1.06. The lowest BCUT2D eigenvalue weighted by atomic mass is 10.2. The second-order valence-electron chi connectivity index (χ2n) is 3.22. The van der Waals surface area contributed by atoms with E-state index in [4.69, 9.17) is 0 Å². The summed E-state index contributed by atoms with van der Waals surface area (Å²) in [6.07, 6.45) is 5.31. The predicted octanol–water partition coefficient (Wildman–Crippen LogP) is 3.74. The highest BCUT2D eigenvalue weighted by molar-refractivity contribution is 5.85. The van der Waals surface area contributed by atoms with Crippen molar-refractivity contribution in [1.29, 1.82) is 0 Å². The first-order valence-corrected chi connectivity index (χ1v) is 5.11. The number of pyridine rings is 2. The van der Waals surface area contributed by atoms with Crippen LogP contribution in [0.15, 0.2) is 73.2 Å². The summed E-state index contributed by atoms with van der Waals surface area (Å²) >= 11 is 0. The molecule has 1 aromatic carbocycles. The van der Waals surface area contributed by atoms with Crippen molar-refractivity contribution in [3.63, 3.8) is 0 Å². The van der Waals surface area contributed by atoms with Gasteiger partial charge in [-0.05, 0) is 24.3 Å². The fourth-order valence-corrected chi connectivity index (χ4v) is 1.33. The number of hydrogen-bond acceptors (Lipinski definition) is 2. The first kappa shape index (κ1) is 13.1. The van der Waals surface area contributed by atoms with Gasteiger partial charge < -0.3 is 0 Å². The molecule has 0 aliphatic heterocycles. The molecular formula is C14H13ClN2. The molecule has 0 amide bonds. The zero-order valence-electron chi connectivity index (χ0n) is 9.23. The average molecular weight is 245 g/mol. The Kier molecular flexibility index (Phi) is 5.69. The van der Waals surface area contributed by atoms with Crippen LogP contribution in [0, 0.1) is 0 Å². The largest absolute Gasteiger partial charge is 0.265 e. The van der Waals surface area contributed by atoms with E-state index in [0.717, 1.165) is 5.52 Å². The van der Waals surface area contributed by atoms with E-state index in [0.29, 0.717) is 0 Å². The van der Waals surface area contributed by atoms with Crippen molar-refractivity contribution in [2.75, 3.05) is 0 Å². The molecule has 0 saturated heterocycles. The van der Waals surface area contributed by atoms with Crippen LogP contribution in [0.1, 0.15) is 0 Å². The maximum atomic E-state index is 4.18. The van der Waals surface area contributed by atoms with E-state index in [1.807, 2.05) is 48.7 Å². The third-order valence-electron chi connectivity index (χ3n) is 2.08. The number of aromatic nitrogens is 2. The lowest BCUT2D eigenvalue weighted by Gasteiger charge is -1.91. The third kappa shape index (κ3) is 4.21. The first-order valence-electron chi connectivity index (χ1n) is 5.11. The molecule has 0 saturated carbocycles. The van der Waals surface area contributed by atoms with Crippen LogP contribution in [0.5, 0.6) is 0 Å². The second-order valence-corrected chi connectivity index (χ2v) is 3.22. The highest BCUT2D eigenvalue weighted by Crippen LogP contribution is 2.07. The normalized spacial score (nSPS) is 8.71. The monoisotopic (exact) mass is 244 g/mol. The standard InChI is InChI=1S/C9H7N.C5H5N.ClH/c1-2-6-9-8(4-1)5-3-7-10-9;1-2-4-6-5-3-1;/h1-7H;1-5H;1H. The van der Waals surface area contributed by atoms with E-state index in [1.54, 1.807) is 12.4 Å². The van der Waals surface area contributed by atoms with Crippen molar-refractivity contribution in [2.24, 2.45) is 0 Å². The second kappa shape index (κ2) is 7.36. The van der Waals surface area contributed by atoms with Crippen molar-refractivity contribution >= 4 is 23.3 Å². The average Bonchev–Trinajstić information content (AvgIpc) is 2.42.